The number of carbonyl (C=O) groups is 4. The van der Waals surface area contributed by atoms with Gasteiger partial charge >= 0.3 is 6.03 Å². The normalized spacial score (nSPS) is 20.1. The maximum Gasteiger partial charge on any atom is 0.334 e. The number of rotatable bonds is 11. The molecule has 1 aromatic heterocycles. The summed E-state index contributed by atoms with van der Waals surface area (Å²) in [6, 6.07) is 20.3. The molecule has 3 aliphatic rings. The number of fused-ring (bicyclic) bond motifs is 2. The monoisotopic (exact) mass is 674 g/mol. The van der Waals surface area contributed by atoms with Crippen LogP contribution < -0.4 is 5.32 Å². The fourth-order valence-corrected chi connectivity index (χ4v) is 7.48. The lowest BCUT2D eigenvalue weighted by molar-refractivity contribution is -0.191. The molecule has 3 atom stereocenters. The van der Waals surface area contributed by atoms with Crippen LogP contribution in [-0.2, 0) is 22.6 Å². The van der Waals surface area contributed by atoms with E-state index in [1.54, 1.807) is 56.4 Å². The summed E-state index contributed by atoms with van der Waals surface area (Å²) in [7, 11) is 0. The molecule has 3 fully saturated rings. The van der Waals surface area contributed by atoms with Crippen molar-refractivity contribution >= 4 is 34.5 Å². The Bertz CT molecular complexity index is 1920. The molecule has 7 rings (SSSR count). The number of aromatic nitrogens is 1. The first-order valence-electron chi connectivity index (χ1n) is 17.3. The number of phenols is 1. The molecule has 11 heteroatoms. The Kier molecular flexibility index (Phi) is 9.16. The van der Waals surface area contributed by atoms with Crippen molar-refractivity contribution in [1.82, 2.24) is 30.1 Å². The van der Waals surface area contributed by atoms with Crippen LogP contribution in [0, 0.1) is 5.92 Å². The maximum atomic E-state index is 14.8. The van der Waals surface area contributed by atoms with Crippen molar-refractivity contribution in [3.63, 3.8) is 0 Å². The van der Waals surface area contributed by atoms with E-state index in [0.29, 0.717) is 12.0 Å². The van der Waals surface area contributed by atoms with Gasteiger partial charge in [0.1, 0.15) is 18.0 Å². The van der Waals surface area contributed by atoms with Gasteiger partial charge in [-0.2, -0.15) is 0 Å². The van der Waals surface area contributed by atoms with E-state index in [0.717, 1.165) is 40.4 Å². The number of phenolic OH excluding ortho intramolecular Hbond substituents is 1. The molecule has 3 aromatic carbocycles. The highest BCUT2D eigenvalue weighted by molar-refractivity contribution is 6.10. The second-order valence-electron chi connectivity index (χ2n) is 13.3. The number of hydrogen-bond donors (Lipinski definition) is 3. The molecule has 11 nitrogen and oxygen atoms in total. The molecule has 0 bridgehead atoms. The van der Waals surface area contributed by atoms with Crippen LogP contribution in [-0.4, -0.2) is 85.4 Å². The predicted octanol–water partition coefficient (Wildman–Crippen LogP) is 5.15. The number of amides is 4. The third-order valence-electron chi connectivity index (χ3n) is 10.1. The molecule has 2 aliphatic heterocycles. The van der Waals surface area contributed by atoms with Gasteiger partial charge in [-0.3, -0.25) is 14.4 Å². The Morgan fingerprint density at radius 2 is 1.78 bits per heavy atom. The minimum Gasteiger partial charge on any atom is -0.508 e. The van der Waals surface area contributed by atoms with E-state index in [2.05, 4.69) is 16.9 Å². The van der Waals surface area contributed by atoms with Gasteiger partial charge in [0.05, 0.1) is 24.6 Å². The number of hydrazine groups is 1. The SMILES string of the molecule is C=CCN1CC(=O)N2C(Cc3ccc(O)cc3)C(=O)N(C(CC)c3cccc4c(C(=O)C5CC5)c[nH]c34)CC2N1C(=O)NCc1ccccc1. The molecular weight excluding hydrogens is 632 g/mol. The summed E-state index contributed by atoms with van der Waals surface area (Å²) in [5.74, 6) is -0.183. The Balaban J connectivity index is 1.29. The molecule has 258 valence electrons. The summed E-state index contributed by atoms with van der Waals surface area (Å²) in [6.07, 6.45) is 5.18. The highest BCUT2D eigenvalue weighted by Crippen LogP contribution is 2.39. The van der Waals surface area contributed by atoms with Crippen LogP contribution in [0.15, 0.2) is 91.6 Å². The van der Waals surface area contributed by atoms with Crippen molar-refractivity contribution in [3.05, 3.63) is 114 Å². The largest absolute Gasteiger partial charge is 0.508 e. The lowest BCUT2D eigenvalue weighted by Gasteiger charge is -2.56. The number of ketones is 1. The number of para-hydroxylation sites is 1. The minimum atomic E-state index is -0.912. The van der Waals surface area contributed by atoms with E-state index >= 15 is 0 Å². The maximum absolute atomic E-state index is 14.8. The number of aromatic hydroxyl groups is 1. The lowest BCUT2D eigenvalue weighted by atomic mass is 9.93. The second-order valence-corrected chi connectivity index (χ2v) is 13.3. The molecule has 50 heavy (non-hydrogen) atoms. The molecule has 0 spiro atoms. The fourth-order valence-electron chi connectivity index (χ4n) is 7.48. The second kappa shape index (κ2) is 13.8. The van der Waals surface area contributed by atoms with Gasteiger partial charge in [-0.05, 0) is 48.1 Å². The van der Waals surface area contributed by atoms with Gasteiger partial charge in [0.2, 0.25) is 11.8 Å². The molecule has 3 heterocycles. The molecule has 3 N–H and O–H groups in total. The first kappa shape index (κ1) is 33.1. The minimum absolute atomic E-state index is 0.0660. The van der Waals surface area contributed by atoms with Crippen LogP contribution in [0.3, 0.4) is 0 Å². The number of carbonyl (C=O) groups excluding carboxylic acids is 4. The van der Waals surface area contributed by atoms with Crippen LogP contribution in [0.2, 0.25) is 0 Å². The molecule has 0 radical (unpaired) electrons. The first-order chi connectivity index (χ1) is 24.3. The van der Waals surface area contributed by atoms with E-state index in [1.165, 1.54) is 0 Å². The number of piperazine rings is 1. The molecule has 2 saturated heterocycles. The number of urea groups is 1. The van der Waals surface area contributed by atoms with E-state index in [1.807, 2.05) is 55.5 Å². The number of hydrogen-bond acceptors (Lipinski definition) is 6. The van der Waals surface area contributed by atoms with Gasteiger partial charge in [0.25, 0.3) is 0 Å². The zero-order chi connectivity index (χ0) is 34.9. The lowest BCUT2D eigenvalue weighted by Crippen LogP contribution is -2.76. The zero-order valence-corrected chi connectivity index (χ0v) is 28.1. The average Bonchev–Trinajstić information content (AvgIpc) is 3.89. The third-order valence-corrected chi connectivity index (χ3v) is 10.1. The Morgan fingerprint density at radius 1 is 1.02 bits per heavy atom. The van der Waals surface area contributed by atoms with E-state index in [9.17, 15) is 24.3 Å². The Hall–Kier alpha value is -5.42. The van der Waals surface area contributed by atoms with Crippen LogP contribution >= 0.6 is 0 Å². The standard InChI is InChI=1S/C39H42N6O5/c1-3-19-42-24-35(47)44-33(20-25-13-17-28(46)18-14-25)38(49)43(23-34(44)45(42)39(50)41-21-26-9-6-5-7-10-26)32(4-2)30-12-8-11-29-31(22-40-36(29)30)37(48)27-15-16-27/h3,5-14,17-18,22,27,32-34,40,46H,1,4,15-16,19-21,23-24H2,2H3,(H,41,50). The number of aromatic amines is 1. The number of nitrogens with zero attached hydrogens (tertiary/aromatic N) is 4. The first-order valence-corrected chi connectivity index (χ1v) is 17.3. The summed E-state index contributed by atoms with van der Waals surface area (Å²) in [6.45, 7) is 6.40. The van der Waals surface area contributed by atoms with Crippen molar-refractivity contribution in [1.29, 1.82) is 0 Å². The summed E-state index contributed by atoms with van der Waals surface area (Å²) in [4.78, 5) is 62.8. The molecule has 4 aromatic rings. The van der Waals surface area contributed by atoms with Crippen molar-refractivity contribution in [2.75, 3.05) is 19.6 Å². The van der Waals surface area contributed by atoms with Crippen LogP contribution in [0.4, 0.5) is 4.79 Å². The quantitative estimate of drug-likeness (QED) is 0.149. The van der Waals surface area contributed by atoms with Crippen molar-refractivity contribution < 1.29 is 24.3 Å². The highest BCUT2D eigenvalue weighted by atomic mass is 16.3. The van der Waals surface area contributed by atoms with Gasteiger partial charge in [0, 0.05) is 42.6 Å². The van der Waals surface area contributed by atoms with Gasteiger partial charge in [-0.15, -0.1) is 6.58 Å². The van der Waals surface area contributed by atoms with Crippen molar-refractivity contribution in [3.8, 4) is 5.75 Å². The fraction of sp³-hybridized carbons (Fsp3) is 0.333. The average molecular weight is 675 g/mol. The number of nitrogens with one attached hydrogen (secondary N) is 2. The van der Waals surface area contributed by atoms with Crippen LogP contribution in [0.25, 0.3) is 10.9 Å². The number of H-pyrrole nitrogens is 1. The summed E-state index contributed by atoms with van der Waals surface area (Å²) in [5, 5.41) is 17.1. The predicted molar refractivity (Wildman–Crippen MR) is 189 cm³/mol. The Labute approximate surface area is 291 Å². The van der Waals surface area contributed by atoms with E-state index in [-0.39, 0.29) is 61.9 Å². The van der Waals surface area contributed by atoms with Gasteiger partial charge < -0.3 is 25.2 Å². The van der Waals surface area contributed by atoms with Crippen LogP contribution in [0.1, 0.15) is 59.3 Å². The van der Waals surface area contributed by atoms with Crippen molar-refractivity contribution in [2.45, 2.75) is 57.4 Å². The zero-order valence-electron chi connectivity index (χ0n) is 28.1. The van der Waals surface area contributed by atoms with Crippen molar-refractivity contribution in [2.24, 2.45) is 5.92 Å². The van der Waals surface area contributed by atoms with Crippen LogP contribution in [0.5, 0.6) is 5.75 Å². The summed E-state index contributed by atoms with van der Waals surface area (Å²) < 4.78 is 0. The smallest absolute Gasteiger partial charge is 0.334 e. The molecular formula is C39H42N6O5. The highest BCUT2D eigenvalue weighted by Gasteiger charge is 2.52. The molecule has 1 saturated carbocycles. The Morgan fingerprint density at radius 3 is 2.48 bits per heavy atom. The van der Waals surface area contributed by atoms with Gasteiger partial charge in [-0.25, -0.2) is 14.8 Å². The molecule has 4 amide bonds. The summed E-state index contributed by atoms with van der Waals surface area (Å²) in [5.41, 5.74) is 4.04. The molecule has 1 aliphatic carbocycles. The van der Waals surface area contributed by atoms with Gasteiger partial charge in [0.15, 0.2) is 5.78 Å². The van der Waals surface area contributed by atoms with Gasteiger partial charge in [-0.1, -0.05) is 73.7 Å². The number of benzene rings is 3. The van der Waals surface area contributed by atoms with E-state index in [4.69, 9.17) is 0 Å². The third kappa shape index (κ3) is 6.24. The number of Topliss-reactive ketones (excluding diaryl/α,β-unsaturated/α-hetero) is 1. The topological polar surface area (TPSA) is 129 Å². The van der Waals surface area contributed by atoms with E-state index < -0.39 is 24.3 Å². The molecule has 3 unspecified atom stereocenters. The summed E-state index contributed by atoms with van der Waals surface area (Å²) >= 11 is 0.